The summed E-state index contributed by atoms with van der Waals surface area (Å²) in [7, 11) is 0. The monoisotopic (exact) mass is 319 g/mol. The number of thiophene rings is 1. The molecule has 1 atom stereocenters. The smallest absolute Gasteiger partial charge is 0.251 e. The van der Waals surface area contributed by atoms with Crippen LogP contribution in [0.5, 0.6) is 5.75 Å². The summed E-state index contributed by atoms with van der Waals surface area (Å²) in [5, 5.41) is 13.8. The van der Waals surface area contributed by atoms with Crippen LogP contribution >= 0.6 is 11.3 Å². The van der Waals surface area contributed by atoms with Gasteiger partial charge in [-0.05, 0) is 42.0 Å². The summed E-state index contributed by atoms with van der Waals surface area (Å²) in [5.41, 5.74) is 0.583. The van der Waals surface area contributed by atoms with Crippen molar-refractivity contribution in [2.24, 2.45) is 5.92 Å². The number of benzene rings is 1. The molecule has 1 aromatic carbocycles. The van der Waals surface area contributed by atoms with Crippen LogP contribution in [0.3, 0.4) is 0 Å². The number of amides is 1. The van der Waals surface area contributed by atoms with Crippen molar-refractivity contribution in [2.45, 2.75) is 20.0 Å². The molecule has 0 fully saturated rings. The lowest BCUT2D eigenvalue weighted by molar-refractivity contribution is 0.0945. The number of rotatable bonds is 8. The van der Waals surface area contributed by atoms with Crippen LogP contribution in [-0.2, 0) is 6.61 Å². The number of carbonyl (C=O) groups is 1. The number of carbonyl (C=O) groups excluding carboxylic acids is 1. The predicted octanol–water partition coefficient (Wildman–Crippen LogP) is 3.08. The zero-order valence-electron chi connectivity index (χ0n) is 12.6. The van der Waals surface area contributed by atoms with Crippen LogP contribution in [0.1, 0.15) is 28.6 Å². The molecule has 2 rings (SSSR count). The fourth-order valence-corrected chi connectivity index (χ4v) is 2.58. The van der Waals surface area contributed by atoms with Crippen molar-refractivity contribution < 1.29 is 14.6 Å². The van der Waals surface area contributed by atoms with Crippen LogP contribution in [0, 0.1) is 5.92 Å². The van der Waals surface area contributed by atoms with Crippen LogP contribution in [0.25, 0.3) is 0 Å². The van der Waals surface area contributed by atoms with E-state index < -0.39 is 0 Å². The lowest BCUT2D eigenvalue weighted by Crippen LogP contribution is -2.28. The number of ether oxygens (including phenoxy) is 1. The van der Waals surface area contributed by atoms with Gasteiger partial charge in [-0.1, -0.05) is 19.1 Å². The minimum atomic E-state index is -0.119. The van der Waals surface area contributed by atoms with E-state index in [0.717, 1.165) is 4.88 Å². The average Bonchev–Trinajstić information content (AvgIpc) is 3.04. The zero-order chi connectivity index (χ0) is 15.8. The Morgan fingerprint density at radius 3 is 2.95 bits per heavy atom. The maximum atomic E-state index is 12.1. The molecule has 0 aliphatic carbocycles. The lowest BCUT2D eigenvalue weighted by Gasteiger charge is -2.12. The molecule has 2 N–H and O–H groups in total. The van der Waals surface area contributed by atoms with Crippen molar-refractivity contribution in [1.29, 1.82) is 0 Å². The third-order valence-electron chi connectivity index (χ3n) is 3.29. The highest BCUT2D eigenvalue weighted by atomic mass is 32.1. The lowest BCUT2D eigenvalue weighted by atomic mass is 10.1. The predicted molar refractivity (Wildman–Crippen MR) is 88.3 cm³/mol. The molecule has 5 heteroatoms. The molecular formula is C17H21NO3S. The Labute approximate surface area is 134 Å². The van der Waals surface area contributed by atoms with Crippen molar-refractivity contribution >= 4 is 17.2 Å². The maximum absolute atomic E-state index is 12.1. The molecule has 0 bridgehead atoms. The number of aliphatic hydroxyl groups is 1. The molecule has 118 valence electrons. The van der Waals surface area contributed by atoms with Gasteiger partial charge < -0.3 is 15.2 Å². The molecule has 1 aromatic heterocycles. The summed E-state index contributed by atoms with van der Waals surface area (Å²) in [4.78, 5) is 13.3. The summed E-state index contributed by atoms with van der Waals surface area (Å²) < 4.78 is 5.70. The molecule has 22 heavy (non-hydrogen) atoms. The number of nitrogens with one attached hydrogen (secondary N) is 1. The molecule has 1 amide bonds. The summed E-state index contributed by atoms with van der Waals surface area (Å²) >= 11 is 1.64. The number of aliphatic hydroxyl groups excluding tert-OH is 1. The van der Waals surface area contributed by atoms with Gasteiger partial charge in [-0.2, -0.15) is 0 Å². The van der Waals surface area contributed by atoms with Crippen molar-refractivity contribution in [3.8, 4) is 5.75 Å². The van der Waals surface area contributed by atoms with Gasteiger partial charge in [0.25, 0.3) is 5.91 Å². The van der Waals surface area contributed by atoms with Crippen molar-refractivity contribution in [2.75, 3.05) is 13.2 Å². The second-order valence-electron chi connectivity index (χ2n) is 5.22. The van der Waals surface area contributed by atoms with E-state index >= 15 is 0 Å². The second-order valence-corrected chi connectivity index (χ2v) is 6.26. The van der Waals surface area contributed by atoms with Gasteiger partial charge in [-0.25, -0.2) is 0 Å². The first-order valence-electron chi connectivity index (χ1n) is 7.33. The summed E-state index contributed by atoms with van der Waals surface area (Å²) in [6, 6.07) is 11.2. The zero-order valence-corrected chi connectivity index (χ0v) is 13.4. The molecule has 1 heterocycles. The Hall–Kier alpha value is -1.85. The third-order valence-corrected chi connectivity index (χ3v) is 4.14. The molecule has 0 aliphatic heterocycles. The van der Waals surface area contributed by atoms with Gasteiger partial charge in [0, 0.05) is 23.6 Å². The van der Waals surface area contributed by atoms with Gasteiger partial charge in [-0.3, -0.25) is 4.79 Å². The van der Waals surface area contributed by atoms with Gasteiger partial charge in [0.2, 0.25) is 0 Å². The SMILES string of the molecule is CC(CCO)CNC(=O)c1cccc(OCc2cccs2)c1. The number of hydrogen-bond donors (Lipinski definition) is 2. The first kappa shape index (κ1) is 16.5. The molecule has 0 aliphatic rings. The van der Waals surface area contributed by atoms with E-state index in [0.29, 0.717) is 30.9 Å². The molecule has 0 spiro atoms. The third kappa shape index (κ3) is 5.16. The molecule has 1 unspecified atom stereocenters. The van der Waals surface area contributed by atoms with E-state index in [9.17, 15) is 4.79 Å². The highest BCUT2D eigenvalue weighted by Crippen LogP contribution is 2.17. The topological polar surface area (TPSA) is 58.6 Å². The molecule has 4 nitrogen and oxygen atoms in total. The van der Waals surface area contributed by atoms with Crippen molar-refractivity contribution in [1.82, 2.24) is 5.32 Å². The van der Waals surface area contributed by atoms with E-state index in [1.165, 1.54) is 0 Å². The summed E-state index contributed by atoms with van der Waals surface area (Å²) in [6.45, 7) is 3.20. The van der Waals surface area contributed by atoms with Gasteiger partial charge in [0.15, 0.2) is 0 Å². The first-order valence-corrected chi connectivity index (χ1v) is 8.21. The van der Waals surface area contributed by atoms with Crippen molar-refractivity contribution in [3.63, 3.8) is 0 Å². The van der Waals surface area contributed by atoms with Crippen LogP contribution in [0.4, 0.5) is 0 Å². The Balaban J connectivity index is 1.88. The second kappa shape index (κ2) is 8.56. The Bertz CT molecular complexity index is 583. The fraction of sp³-hybridized carbons (Fsp3) is 0.353. The Morgan fingerprint density at radius 2 is 2.23 bits per heavy atom. The Kier molecular flexibility index (Phi) is 6.43. The van der Waals surface area contributed by atoms with E-state index in [1.54, 1.807) is 23.5 Å². The minimum Gasteiger partial charge on any atom is -0.488 e. The van der Waals surface area contributed by atoms with Crippen molar-refractivity contribution in [3.05, 3.63) is 52.2 Å². The summed E-state index contributed by atoms with van der Waals surface area (Å²) in [5.74, 6) is 0.822. The van der Waals surface area contributed by atoms with Gasteiger partial charge in [0.05, 0.1) is 0 Å². The highest BCUT2D eigenvalue weighted by Gasteiger charge is 2.09. The maximum Gasteiger partial charge on any atom is 0.251 e. The number of hydrogen-bond acceptors (Lipinski definition) is 4. The van der Waals surface area contributed by atoms with Crippen LogP contribution in [0.15, 0.2) is 41.8 Å². The van der Waals surface area contributed by atoms with Crippen LogP contribution in [-0.4, -0.2) is 24.2 Å². The van der Waals surface area contributed by atoms with Gasteiger partial charge in [0.1, 0.15) is 12.4 Å². The average molecular weight is 319 g/mol. The highest BCUT2D eigenvalue weighted by molar-refractivity contribution is 7.09. The fourth-order valence-electron chi connectivity index (χ4n) is 1.97. The molecular weight excluding hydrogens is 298 g/mol. The first-order chi connectivity index (χ1) is 10.7. The van der Waals surface area contributed by atoms with Gasteiger partial charge in [-0.15, -0.1) is 11.3 Å². The molecule has 2 aromatic rings. The largest absolute Gasteiger partial charge is 0.488 e. The van der Waals surface area contributed by atoms with Crippen LogP contribution < -0.4 is 10.1 Å². The van der Waals surface area contributed by atoms with E-state index in [4.69, 9.17) is 9.84 Å². The van der Waals surface area contributed by atoms with E-state index in [1.807, 2.05) is 36.6 Å². The van der Waals surface area contributed by atoms with Gasteiger partial charge >= 0.3 is 0 Å². The quantitative estimate of drug-likeness (QED) is 0.786. The van der Waals surface area contributed by atoms with E-state index in [2.05, 4.69) is 5.32 Å². The van der Waals surface area contributed by atoms with Crippen LogP contribution in [0.2, 0.25) is 0 Å². The Morgan fingerprint density at radius 1 is 1.36 bits per heavy atom. The standard InChI is InChI=1S/C17H21NO3S/c1-13(7-8-19)11-18-17(20)14-4-2-5-15(10-14)21-12-16-6-3-9-22-16/h2-6,9-10,13,19H,7-8,11-12H2,1H3,(H,18,20). The molecule has 0 saturated carbocycles. The normalized spacial score (nSPS) is 11.9. The minimum absolute atomic E-state index is 0.119. The molecule has 0 radical (unpaired) electrons. The molecule has 0 saturated heterocycles. The van der Waals surface area contributed by atoms with E-state index in [-0.39, 0.29) is 18.4 Å². The summed E-state index contributed by atoms with van der Waals surface area (Å²) in [6.07, 6.45) is 0.685.